The number of hydrogen-bond donors (Lipinski definition) is 0. The normalized spacial score (nSPS) is 12.0. The predicted octanol–water partition coefficient (Wildman–Crippen LogP) is 0.811. The van der Waals surface area contributed by atoms with E-state index in [4.69, 9.17) is 4.65 Å². The van der Waals surface area contributed by atoms with E-state index in [9.17, 15) is 0 Å². The molecule has 0 saturated heterocycles. The second-order valence-electron chi connectivity index (χ2n) is 3.09. The van der Waals surface area contributed by atoms with E-state index < -0.39 is 0 Å². The maximum Gasteiger partial charge on any atom is 0.831 e. The van der Waals surface area contributed by atoms with Crippen molar-refractivity contribution >= 4 is 7.62 Å². The molecular weight excluding hydrogens is 175 g/mol. The van der Waals surface area contributed by atoms with Crippen LogP contribution in [0.4, 0.5) is 0 Å². The molecule has 0 fully saturated rings. The van der Waals surface area contributed by atoms with Crippen molar-refractivity contribution in [2.24, 2.45) is 0 Å². The van der Waals surface area contributed by atoms with Gasteiger partial charge >= 0.3 is 7.62 Å². The van der Waals surface area contributed by atoms with E-state index in [2.05, 4.69) is 4.98 Å². The quantitative estimate of drug-likeness (QED) is 0.563. The summed E-state index contributed by atoms with van der Waals surface area (Å²) in [5.41, 5.74) is 2.12. The molecule has 0 aromatic carbocycles. The predicted molar refractivity (Wildman–Crippen MR) is 51.6 cm³/mol. The SMILES string of the molecule is [B]1Oc2ccncc2-c2cccc[n+]21. The number of pyridine rings is 2. The lowest BCUT2D eigenvalue weighted by Crippen LogP contribution is -2.47. The average molecular weight is 182 g/mol. The number of aromatic nitrogens is 2. The lowest BCUT2D eigenvalue weighted by molar-refractivity contribution is -0.528. The molecular formula is C10H7BN2O+. The number of fused-ring (bicyclic) bond motifs is 3. The van der Waals surface area contributed by atoms with E-state index >= 15 is 0 Å². The van der Waals surface area contributed by atoms with Gasteiger partial charge in [-0.1, -0.05) is 0 Å². The number of hydrogen-bond acceptors (Lipinski definition) is 2. The largest absolute Gasteiger partial charge is 0.831 e. The summed E-state index contributed by atoms with van der Waals surface area (Å²) in [7, 11) is 1.69. The van der Waals surface area contributed by atoms with Gasteiger partial charge in [-0.2, -0.15) is 0 Å². The molecule has 3 rings (SSSR count). The Kier molecular flexibility index (Phi) is 1.53. The van der Waals surface area contributed by atoms with Crippen molar-refractivity contribution in [2.75, 3.05) is 0 Å². The van der Waals surface area contributed by atoms with Crippen molar-refractivity contribution in [3.8, 4) is 17.0 Å². The molecule has 3 nitrogen and oxygen atoms in total. The summed E-state index contributed by atoms with van der Waals surface area (Å²) in [5, 5.41) is 0. The average Bonchev–Trinajstić information content (AvgIpc) is 2.29. The minimum absolute atomic E-state index is 0.853. The molecule has 0 spiro atoms. The third kappa shape index (κ3) is 1.00. The molecule has 1 aliphatic heterocycles. The van der Waals surface area contributed by atoms with Crippen molar-refractivity contribution in [2.45, 2.75) is 0 Å². The van der Waals surface area contributed by atoms with E-state index in [1.165, 1.54) is 0 Å². The van der Waals surface area contributed by atoms with Crippen molar-refractivity contribution in [3.05, 3.63) is 42.9 Å². The second kappa shape index (κ2) is 2.84. The minimum Gasteiger partial charge on any atom is -0.498 e. The highest BCUT2D eigenvalue weighted by Crippen LogP contribution is 2.27. The Balaban J connectivity index is 2.29. The first-order valence-electron chi connectivity index (χ1n) is 4.40. The standard InChI is InChI=1S/C10H7BN2O/c1-2-6-13-9(3-1)8-7-12-5-4-10(8)14-11-13/h1-7H/q+1. The van der Waals surface area contributed by atoms with Gasteiger partial charge in [-0.15, -0.1) is 0 Å². The van der Waals surface area contributed by atoms with Crippen LogP contribution in [0.1, 0.15) is 0 Å². The van der Waals surface area contributed by atoms with Gasteiger partial charge in [-0.25, -0.2) is 4.48 Å². The van der Waals surface area contributed by atoms with Crippen molar-refractivity contribution in [3.63, 3.8) is 0 Å². The van der Waals surface area contributed by atoms with Gasteiger partial charge in [-0.05, 0) is 18.2 Å². The van der Waals surface area contributed by atoms with Gasteiger partial charge in [-0.3, -0.25) is 4.98 Å². The molecule has 0 bridgehead atoms. The Hall–Kier alpha value is -1.84. The fraction of sp³-hybridized carbons (Fsp3) is 0. The van der Waals surface area contributed by atoms with E-state index in [1.807, 2.05) is 41.1 Å². The molecule has 1 radical (unpaired) electrons. The minimum atomic E-state index is 0.853. The summed E-state index contributed by atoms with van der Waals surface area (Å²) < 4.78 is 7.38. The van der Waals surface area contributed by atoms with E-state index in [0.29, 0.717) is 0 Å². The molecule has 1 aliphatic rings. The van der Waals surface area contributed by atoms with Gasteiger partial charge in [0.05, 0.1) is 0 Å². The zero-order chi connectivity index (χ0) is 9.38. The van der Waals surface area contributed by atoms with Crippen LogP contribution in [0.5, 0.6) is 5.75 Å². The maximum absolute atomic E-state index is 5.45. The van der Waals surface area contributed by atoms with Gasteiger partial charge in [0.15, 0.2) is 5.69 Å². The Morgan fingerprint density at radius 3 is 3.29 bits per heavy atom. The van der Waals surface area contributed by atoms with Crippen LogP contribution in [0.3, 0.4) is 0 Å². The number of rotatable bonds is 0. The molecule has 0 aliphatic carbocycles. The molecule has 0 atom stereocenters. The Bertz CT molecular complexity index is 442. The summed E-state index contributed by atoms with van der Waals surface area (Å²) in [6, 6.07) is 7.87. The summed E-state index contributed by atoms with van der Waals surface area (Å²) in [6.07, 6.45) is 5.49. The van der Waals surface area contributed by atoms with E-state index in [1.54, 1.807) is 13.8 Å². The zero-order valence-electron chi connectivity index (χ0n) is 7.42. The van der Waals surface area contributed by atoms with E-state index in [0.717, 1.165) is 17.0 Å². The second-order valence-corrected chi connectivity index (χ2v) is 3.09. The topological polar surface area (TPSA) is 26.0 Å². The molecule has 2 aromatic heterocycles. The molecule has 0 unspecified atom stereocenters. The van der Waals surface area contributed by atoms with Gasteiger partial charge < -0.3 is 4.65 Å². The Morgan fingerprint density at radius 2 is 2.29 bits per heavy atom. The molecule has 0 N–H and O–H groups in total. The lowest BCUT2D eigenvalue weighted by Gasteiger charge is -2.12. The van der Waals surface area contributed by atoms with Crippen molar-refractivity contribution in [1.82, 2.24) is 4.98 Å². The summed E-state index contributed by atoms with van der Waals surface area (Å²) in [5.74, 6) is 0.853. The van der Waals surface area contributed by atoms with Crippen LogP contribution in [0.25, 0.3) is 11.3 Å². The van der Waals surface area contributed by atoms with Crippen LogP contribution in [0.2, 0.25) is 0 Å². The molecule has 14 heavy (non-hydrogen) atoms. The van der Waals surface area contributed by atoms with Crippen LogP contribution in [0, 0.1) is 0 Å². The van der Waals surface area contributed by atoms with Crippen LogP contribution < -0.4 is 9.13 Å². The molecule has 65 valence electrons. The molecule has 3 heterocycles. The highest BCUT2D eigenvalue weighted by atomic mass is 16.4. The smallest absolute Gasteiger partial charge is 0.498 e. The molecule has 4 heteroatoms. The van der Waals surface area contributed by atoms with Crippen molar-refractivity contribution in [1.29, 1.82) is 0 Å². The van der Waals surface area contributed by atoms with E-state index in [-0.39, 0.29) is 0 Å². The van der Waals surface area contributed by atoms with Crippen LogP contribution >= 0.6 is 0 Å². The maximum atomic E-state index is 5.45. The summed E-state index contributed by atoms with van der Waals surface area (Å²) in [6.45, 7) is 0. The molecule has 0 saturated carbocycles. The monoisotopic (exact) mass is 182 g/mol. The van der Waals surface area contributed by atoms with Gasteiger partial charge in [0.1, 0.15) is 17.5 Å². The summed E-state index contributed by atoms with van der Waals surface area (Å²) >= 11 is 0. The fourth-order valence-corrected chi connectivity index (χ4v) is 1.57. The van der Waals surface area contributed by atoms with Crippen LogP contribution in [-0.4, -0.2) is 12.6 Å². The first-order valence-corrected chi connectivity index (χ1v) is 4.40. The molecule has 2 aromatic rings. The van der Waals surface area contributed by atoms with Crippen LogP contribution in [0.15, 0.2) is 42.9 Å². The first-order chi connectivity index (χ1) is 6.95. The van der Waals surface area contributed by atoms with Crippen LogP contribution in [-0.2, 0) is 0 Å². The summed E-state index contributed by atoms with van der Waals surface area (Å²) in [4.78, 5) is 4.09. The highest BCUT2D eigenvalue weighted by molar-refractivity contribution is 6.18. The highest BCUT2D eigenvalue weighted by Gasteiger charge is 2.27. The van der Waals surface area contributed by atoms with Crippen molar-refractivity contribution < 1.29 is 9.13 Å². The number of nitrogens with zero attached hydrogens (tertiary/aromatic N) is 2. The Morgan fingerprint density at radius 1 is 1.29 bits per heavy atom. The zero-order valence-corrected chi connectivity index (χ0v) is 7.42. The van der Waals surface area contributed by atoms with Gasteiger partial charge in [0.2, 0.25) is 0 Å². The molecule has 0 amide bonds. The fourth-order valence-electron chi connectivity index (χ4n) is 1.57. The lowest BCUT2D eigenvalue weighted by atomic mass is 10.0. The third-order valence-electron chi connectivity index (χ3n) is 2.24. The Labute approximate surface area is 82.3 Å². The van der Waals surface area contributed by atoms with Gasteiger partial charge in [0, 0.05) is 18.5 Å². The third-order valence-corrected chi connectivity index (χ3v) is 2.24. The van der Waals surface area contributed by atoms with Gasteiger partial charge in [0.25, 0.3) is 0 Å². The first kappa shape index (κ1) is 7.56.